The van der Waals surface area contributed by atoms with Gasteiger partial charge in [0.05, 0.1) is 5.69 Å². The van der Waals surface area contributed by atoms with E-state index in [-0.39, 0.29) is 11.4 Å². The lowest BCUT2D eigenvalue weighted by molar-refractivity contribution is -0.143. The van der Waals surface area contributed by atoms with Gasteiger partial charge < -0.3 is 20.2 Å². The summed E-state index contributed by atoms with van der Waals surface area (Å²) in [6, 6.07) is 13.1. The molecule has 0 bridgehead atoms. The van der Waals surface area contributed by atoms with Crippen LogP contribution in [0.25, 0.3) is 0 Å². The van der Waals surface area contributed by atoms with Crippen molar-refractivity contribution in [1.29, 1.82) is 0 Å². The molecule has 1 saturated heterocycles. The molecule has 0 aliphatic carbocycles. The SMILES string of the molecule is Cc1cccc(N2CCN(C(=O)C(=O)Nc3cc(C)ccc3O)CC2)c1. The minimum absolute atomic E-state index is 0.0546. The van der Waals surface area contributed by atoms with Crippen LogP contribution in [0.1, 0.15) is 11.1 Å². The van der Waals surface area contributed by atoms with Gasteiger partial charge in [0.25, 0.3) is 0 Å². The molecule has 2 N–H and O–H groups in total. The highest BCUT2D eigenvalue weighted by molar-refractivity contribution is 6.39. The number of hydrogen-bond donors (Lipinski definition) is 2. The number of phenolic OH excluding ortho intramolecular Hbond substituents is 1. The molecule has 1 heterocycles. The largest absolute Gasteiger partial charge is 0.506 e. The second kappa shape index (κ2) is 7.47. The molecule has 6 nitrogen and oxygen atoms in total. The molecule has 2 aromatic carbocycles. The molecule has 0 radical (unpaired) electrons. The van der Waals surface area contributed by atoms with Crippen LogP contribution in [0.2, 0.25) is 0 Å². The maximum atomic E-state index is 12.4. The maximum absolute atomic E-state index is 12.4. The van der Waals surface area contributed by atoms with Gasteiger partial charge in [0.1, 0.15) is 5.75 Å². The molecule has 6 heteroatoms. The summed E-state index contributed by atoms with van der Waals surface area (Å²) < 4.78 is 0. The van der Waals surface area contributed by atoms with E-state index in [1.165, 1.54) is 11.6 Å². The summed E-state index contributed by atoms with van der Waals surface area (Å²) in [5.74, 6) is -1.36. The number of nitrogens with one attached hydrogen (secondary N) is 1. The zero-order valence-electron chi connectivity index (χ0n) is 15.0. The Morgan fingerprint density at radius 1 is 0.962 bits per heavy atom. The van der Waals surface area contributed by atoms with E-state index in [1.54, 1.807) is 17.0 Å². The highest BCUT2D eigenvalue weighted by Crippen LogP contribution is 2.24. The van der Waals surface area contributed by atoms with E-state index in [0.717, 1.165) is 11.3 Å². The molecule has 0 unspecified atom stereocenters. The van der Waals surface area contributed by atoms with E-state index in [4.69, 9.17) is 0 Å². The number of amides is 2. The normalized spacial score (nSPS) is 14.2. The molecule has 0 spiro atoms. The highest BCUT2D eigenvalue weighted by Gasteiger charge is 2.26. The van der Waals surface area contributed by atoms with Gasteiger partial charge in [0.15, 0.2) is 0 Å². The number of piperazine rings is 1. The number of hydrogen-bond acceptors (Lipinski definition) is 4. The molecule has 2 aromatic rings. The second-order valence-electron chi connectivity index (χ2n) is 6.59. The molecule has 1 fully saturated rings. The van der Waals surface area contributed by atoms with Gasteiger partial charge in [-0.1, -0.05) is 18.2 Å². The summed E-state index contributed by atoms with van der Waals surface area (Å²) in [6.45, 7) is 6.23. The lowest BCUT2D eigenvalue weighted by Crippen LogP contribution is -2.51. The minimum atomic E-state index is -0.727. The van der Waals surface area contributed by atoms with Gasteiger partial charge in [0.2, 0.25) is 0 Å². The third kappa shape index (κ3) is 3.96. The highest BCUT2D eigenvalue weighted by atomic mass is 16.3. The molecule has 1 aliphatic rings. The minimum Gasteiger partial charge on any atom is -0.506 e. The van der Waals surface area contributed by atoms with Crippen LogP contribution in [0.3, 0.4) is 0 Å². The van der Waals surface area contributed by atoms with Crippen molar-refractivity contribution >= 4 is 23.2 Å². The molecule has 0 saturated carbocycles. The number of benzene rings is 2. The Hall–Kier alpha value is -3.02. The summed E-state index contributed by atoms with van der Waals surface area (Å²) in [5.41, 5.74) is 3.46. The molecule has 1 aliphatic heterocycles. The van der Waals surface area contributed by atoms with E-state index in [9.17, 15) is 14.7 Å². The number of rotatable bonds is 2. The summed E-state index contributed by atoms with van der Waals surface area (Å²) >= 11 is 0. The maximum Gasteiger partial charge on any atom is 0.314 e. The molecule has 3 rings (SSSR count). The Balaban J connectivity index is 1.59. The first-order valence-corrected chi connectivity index (χ1v) is 8.65. The van der Waals surface area contributed by atoms with Crippen LogP contribution >= 0.6 is 0 Å². The van der Waals surface area contributed by atoms with Gasteiger partial charge in [-0.15, -0.1) is 0 Å². The first kappa shape index (κ1) is 17.8. The van der Waals surface area contributed by atoms with Gasteiger partial charge in [-0.05, 0) is 49.2 Å². The van der Waals surface area contributed by atoms with E-state index in [2.05, 4.69) is 22.3 Å². The second-order valence-corrected chi connectivity index (χ2v) is 6.59. The fourth-order valence-corrected chi connectivity index (χ4v) is 3.06. The number of phenols is 1. The monoisotopic (exact) mass is 353 g/mol. The smallest absolute Gasteiger partial charge is 0.314 e. The number of carbonyl (C=O) groups excluding carboxylic acids is 2. The predicted molar refractivity (Wildman–Crippen MR) is 101 cm³/mol. The van der Waals surface area contributed by atoms with Gasteiger partial charge in [-0.3, -0.25) is 9.59 Å². The van der Waals surface area contributed by atoms with Crippen LogP contribution in [0.5, 0.6) is 5.75 Å². The van der Waals surface area contributed by atoms with E-state index >= 15 is 0 Å². The quantitative estimate of drug-likeness (QED) is 0.642. The molecule has 136 valence electrons. The number of aryl methyl sites for hydroxylation is 2. The van der Waals surface area contributed by atoms with Crippen LogP contribution < -0.4 is 10.2 Å². The zero-order chi connectivity index (χ0) is 18.7. The van der Waals surface area contributed by atoms with Gasteiger partial charge in [-0.25, -0.2) is 0 Å². The number of nitrogens with zero attached hydrogens (tertiary/aromatic N) is 2. The van der Waals surface area contributed by atoms with Crippen LogP contribution in [0, 0.1) is 13.8 Å². The molecule has 0 atom stereocenters. The Morgan fingerprint density at radius 3 is 2.35 bits per heavy atom. The van der Waals surface area contributed by atoms with Crippen molar-refractivity contribution in [3.8, 4) is 5.75 Å². The third-order valence-corrected chi connectivity index (χ3v) is 4.53. The van der Waals surface area contributed by atoms with Crippen molar-refractivity contribution in [2.75, 3.05) is 36.4 Å². The first-order chi connectivity index (χ1) is 12.4. The van der Waals surface area contributed by atoms with E-state index in [1.807, 2.05) is 26.0 Å². The first-order valence-electron chi connectivity index (χ1n) is 8.65. The Bertz CT molecular complexity index is 827. The van der Waals surface area contributed by atoms with Crippen LogP contribution in [0.4, 0.5) is 11.4 Å². The fraction of sp³-hybridized carbons (Fsp3) is 0.300. The van der Waals surface area contributed by atoms with Crippen LogP contribution in [-0.4, -0.2) is 48.0 Å². The van der Waals surface area contributed by atoms with Crippen molar-refractivity contribution in [2.24, 2.45) is 0 Å². The Morgan fingerprint density at radius 2 is 1.65 bits per heavy atom. The van der Waals surface area contributed by atoms with Gasteiger partial charge in [-0.2, -0.15) is 0 Å². The summed E-state index contributed by atoms with van der Waals surface area (Å²) in [5, 5.41) is 12.3. The zero-order valence-corrected chi connectivity index (χ0v) is 15.0. The lowest BCUT2D eigenvalue weighted by Gasteiger charge is -2.35. The van der Waals surface area contributed by atoms with Gasteiger partial charge in [0, 0.05) is 31.9 Å². The van der Waals surface area contributed by atoms with Gasteiger partial charge >= 0.3 is 11.8 Å². The van der Waals surface area contributed by atoms with Crippen molar-refractivity contribution in [1.82, 2.24) is 4.90 Å². The Labute approximate surface area is 153 Å². The molecule has 2 amide bonds. The molecular formula is C20H23N3O3. The van der Waals surface area contributed by atoms with Crippen molar-refractivity contribution < 1.29 is 14.7 Å². The molecule has 26 heavy (non-hydrogen) atoms. The number of aromatic hydroxyl groups is 1. The number of carbonyl (C=O) groups is 2. The van der Waals surface area contributed by atoms with Crippen LogP contribution in [0.15, 0.2) is 42.5 Å². The summed E-state index contributed by atoms with van der Waals surface area (Å²) in [7, 11) is 0. The predicted octanol–water partition coefficient (Wildman–Crippen LogP) is 2.30. The van der Waals surface area contributed by atoms with E-state index in [0.29, 0.717) is 26.2 Å². The average molecular weight is 353 g/mol. The van der Waals surface area contributed by atoms with Crippen molar-refractivity contribution in [3.05, 3.63) is 53.6 Å². The molecular weight excluding hydrogens is 330 g/mol. The number of anilines is 2. The molecule has 0 aromatic heterocycles. The van der Waals surface area contributed by atoms with Crippen LogP contribution in [-0.2, 0) is 9.59 Å². The standard InChI is InChI=1S/C20H23N3O3/c1-14-4-3-5-16(12-14)22-8-10-23(11-9-22)20(26)19(25)21-17-13-15(2)6-7-18(17)24/h3-7,12-13,24H,8-11H2,1-2H3,(H,21,25). The average Bonchev–Trinajstić information content (AvgIpc) is 2.64. The summed E-state index contributed by atoms with van der Waals surface area (Å²) in [4.78, 5) is 28.4. The van der Waals surface area contributed by atoms with Crippen molar-refractivity contribution in [2.45, 2.75) is 13.8 Å². The fourth-order valence-electron chi connectivity index (χ4n) is 3.06. The third-order valence-electron chi connectivity index (χ3n) is 4.53. The Kier molecular flexibility index (Phi) is 5.11. The topological polar surface area (TPSA) is 72.9 Å². The van der Waals surface area contributed by atoms with E-state index < -0.39 is 11.8 Å². The summed E-state index contributed by atoms with van der Waals surface area (Å²) in [6.07, 6.45) is 0. The lowest BCUT2D eigenvalue weighted by atomic mass is 10.2. The van der Waals surface area contributed by atoms with Crippen molar-refractivity contribution in [3.63, 3.8) is 0 Å².